The summed E-state index contributed by atoms with van der Waals surface area (Å²) in [5, 5.41) is 10.2. The highest BCUT2D eigenvalue weighted by molar-refractivity contribution is 5.82. The third-order valence-corrected chi connectivity index (χ3v) is 2.67. The maximum absolute atomic E-state index is 11.7. The van der Waals surface area contributed by atoms with Gasteiger partial charge >= 0.3 is 5.97 Å². The number of unbranched alkanes of at least 4 members (excludes halogenated alkanes) is 2. The Morgan fingerprint density at radius 3 is 2.53 bits per heavy atom. The lowest BCUT2D eigenvalue weighted by molar-refractivity contribution is -0.159. The van der Waals surface area contributed by atoms with Gasteiger partial charge in [-0.2, -0.15) is 0 Å². The van der Waals surface area contributed by atoms with Gasteiger partial charge in [0.15, 0.2) is 5.60 Å². The second-order valence-electron chi connectivity index (χ2n) is 4.18. The van der Waals surface area contributed by atoms with E-state index in [0.717, 1.165) is 19.3 Å². The highest BCUT2D eigenvalue weighted by Crippen LogP contribution is 2.24. The van der Waals surface area contributed by atoms with Crippen molar-refractivity contribution in [2.24, 2.45) is 0 Å². The predicted octanol–water partition coefficient (Wildman–Crippen LogP) is 2.99. The molecule has 1 atom stereocenters. The molecule has 0 spiro atoms. The summed E-state index contributed by atoms with van der Waals surface area (Å²) in [5.41, 5.74) is -0.878. The van der Waals surface area contributed by atoms with E-state index in [2.05, 4.69) is 13.5 Å². The summed E-state index contributed by atoms with van der Waals surface area (Å²) >= 11 is 0. The van der Waals surface area contributed by atoms with Crippen LogP contribution in [0.15, 0.2) is 24.3 Å². The Kier molecular flexibility index (Phi) is 7.55. The summed E-state index contributed by atoms with van der Waals surface area (Å²) in [5.74, 6) is -0.593. The average molecular weight is 240 g/mol. The molecule has 0 rings (SSSR count). The van der Waals surface area contributed by atoms with Gasteiger partial charge in [0.25, 0.3) is 0 Å². The third kappa shape index (κ3) is 5.18. The molecule has 0 aromatic rings. The van der Waals surface area contributed by atoms with Crippen molar-refractivity contribution in [1.82, 2.24) is 0 Å². The molecule has 3 nitrogen and oxygen atoms in total. The first-order valence-corrected chi connectivity index (χ1v) is 6.22. The third-order valence-electron chi connectivity index (χ3n) is 2.67. The van der Waals surface area contributed by atoms with Gasteiger partial charge in [0, 0.05) is 0 Å². The molecule has 0 aliphatic carbocycles. The number of esters is 1. The van der Waals surface area contributed by atoms with Crippen LogP contribution in [0.5, 0.6) is 0 Å². The maximum atomic E-state index is 11.7. The fourth-order valence-corrected chi connectivity index (χ4v) is 1.60. The van der Waals surface area contributed by atoms with Gasteiger partial charge in [0.1, 0.15) is 0 Å². The van der Waals surface area contributed by atoms with E-state index >= 15 is 0 Å². The molecule has 0 aromatic carbocycles. The van der Waals surface area contributed by atoms with Crippen LogP contribution in [-0.4, -0.2) is 23.3 Å². The lowest BCUT2D eigenvalue weighted by Gasteiger charge is -2.24. The molecule has 0 radical (unpaired) electrons. The largest absolute Gasteiger partial charge is 0.464 e. The Hall–Kier alpha value is -1.09. The van der Waals surface area contributed by atoms with Crippen LogP contribution in [-0.2, 0) is 9.53 Å². The minimum Gasteiger partial charge on any atom is -0.464 e. The van der Waals surface area contributed by atoms with Crippen molar-refractivity contribution in [3.8, 4) is 0 Å². The zero-order chi connectivity index (χ0) is 13.3. The highest BCUT2D eigenvalue weighted by atomic mass is 16.5. The predicted molar refractivity (Wildman–Crippen MR) is 69.7 cm³/mol. The smallest absolute Gasteiger partial charge is 0.342 e. The molecule has 3 heteroatoms. The molecule has 1 N–H and O–H groups in total. The van der Waals surface area contributed by atoms with Crippen molar-refractivity contribution in [1.29, 1.82) is 0 Å². The molecule has 0 aliphatic rings. The van der Waals surface area contributed by atoms with Crippen molar-refractivity contribution in [2.75, 3.05) is 6.61 Å². The number of rotatable bonds is 8. The first-order valence-electron chi connectivity index (χ1n) is 6.22. The van der Waals surface area contributed by atoms with Gasteiger partial charge in [0.2, 0.25) is 0 Å². The van der Waals surface area contributed by atoms with Crippen LogP contribution >= 0.6 is 0 Å². The van der Waals surface area contributed by atoms with E-state index in [1.54, 1.807) is 19.1 Å². The van der Waals surface area contributed by atoms with Crippen LogP contribution in [0, 0.1) is 0 Å². The molecule has 0 fully saturated rings. The van der Waals surface area contributed by atoms with Crippen molar-refractivity contribution in [3.63, 3.8) is 0 Å². The molecule has 0 unspecified atom stereocenters. The molecule has 0 saturated heterocycles. The van der Waals surface area contributed by atoms with Gasteiger partial charge in [-0.25, -0.2) is 4.79 Å². The first kappa shape index (κ1) is 15.9. The standard InChI is InChI=1S/C14H24O3/c1-5-8-9-11-12(10-6-2)14(4,16)13(15)17-7-3/h6,10,16H,2,5,7-9,11H2,1,3-4H3/b12-10-/t14-/m1/s1. The second-order valence-corrected chi connectivity index (χ2v) is 4.18. The van der Waals surface area contributed by atoms with Gasteiger partial charge in [-0.15, -0.1) is 0 Å². The molecule has 0 aromatic heterocycles. The van der Waals surface area contributed by atoms with E-state index in [4.69, 9.17) is 4.74 Å². The SMILES string of the molecule is C=C/C=C(/CCCCC)[C@@](C)(O)C(=O)OCC. The van der Waals surface area contributed by atoms with Crippen LogP contribution in [0.25, 0.3) is 0 Å². The van der Waals surface area contributed by atoms with Crippen LogP contribution < -0.4 is 0 Å². The fraction of sp³-hybridized carbons (Fsp3) is 0.643. The molecular formula is C14H24O3. The van der Waals surface area contributed by atoms with Crippen LogP contribution in [0.1, 0.15) is 46.5 Å². The zero-order valence-electron chi connectivity index (χ0n) is 11.2. The van der Waals surface area contributed by atoms with Crippen molar-refractivity contribution < 1.29 is 14.6 Å². The Bertz CT molecular complexity index is 277. The summed E-state index contributed by atoms with van der Waals surface area (Å²) in [7, 11) is 0. The normalized spacial score (nSPS) is 15.2. The summed E-state index contributed by atoms with van der Waals surface area (Å²) < 4.78 is 4.88. The molecule has 0 heterocycles. The molecule has 0 amide bonds. The molecule has 0 aliphatic heterocycles. The lowest BCUT2D eigenvalue weighted by atomic mass is 9.91. The molecule has 0 saturated carbocycles. The van der Waals surface area contributed by atoms with E-state index in [1.807, 2.05) is 0 Å². The molecule has 0 bridgehead atoms. The quantitative estimate of drug-likeness (QED) is 0.403. The number of hydrogen-bond acceptors (Lipinski definition) is 3. The summed E-state index contributed by atoms with van der Waals surface area (Å²) in [6, 6.07) is 0. The highest BCUT2D eigenvalue weighted by Gasteiger charge is 2.35. The van der Waals surface area contributed by atoms with Crippen molar-refractivity contribution in [2.45, 2.75) is 52.1 Å². The van der Waals surface area contributed by atoms with Gasteiger partial charge < -0.3 is 9.84 Å². The second kappa shape index (κ2) is 8.07. The molecule has 98 valence electrons. The van der Waals surface area contributed by atoms with Crippen LogP contribution in [0.3, 0.4) is 0 Å². The minimum absolute atomic E-state index is 0.269. The Balaban J connectivity index is 4.72. The number of allylic oxidation sites excluding steroid dienone is 2. The fourth-order valence-electron chi connectivity index (χ4n) is 1.60. The average Bonchev–Trinajstić information content (AvgIpc) is 2.28. The van der Waals surface area contributed by atoms with E-state index in [-0.39, 0.29) is 6.61 Å². The maximum Gasteiger partial charge on any atom is 0.342 e. The minimum atomic E-state index is -1.54. The van der Waals surface area contributed by atoms with Crippen LogP contribution in [0.2, 0.25) is 0 Å². The monoisotopic (exact) mass is 240 g/mol. The summed E-state index contributed by atoms with van der Waals surface area (Å²) in [6.07, 6.45) is 7.11. The Labute approximate surface area is 104 Å². The van der Waals surface area contributed by atoms with Crippen molar-refractivity contribution in [3.05, 3.63) is 24.3 Å². The van der Waals surface area contributed by atoms with Gasteiger partial charge in [0.05, 0.1) is 6.61 Å². The Morgan fingerprint density at radius 2 is 2.06 bits per heavy atom. The van der Waals surface area contributed by atoms with Crippen molar-refractivity contribution >= 4 is 5.97 Å². The number of hydrogen-bond donors (Lipinski definition) is 1. The first-order chi connectivity index (χ1) is 8.00. The zero-order valence-corrected chi connectivity index (χ0v) is 11.2. The van der Waals surface area contributed by atoms with Gasteiger partial charge in [-0.05, 0) is 32.3 Å². The van der Waals surface area contributed by atoms with Crippen LogP contribution in [0.4, 0.5) is 0 Å². The summed E-state index contributed by atoms with van der Waals surface area (Å²) in [4.78, 5) is 11.7. The number of carbonyl (C=O) groups excluding carboxylic acids is 1. The lowest BCUT2D eigenvalue weighted by Crippen LogP contribution is -2.39. The Morgan fingerprint density at radius 1 is 1.41 bits per heavy atom. The topological polar surface area (TPSA) is 46.5 Å². The van der Waals surface area contributed by atoms with Gasteiger partial charge in [-0.1, -0.05) is 38.5 Å². The number of carbonyl (C=O) groups is 1. The van der Waals surface area contributed by atoms with E-state index in [1.165, 1.54) is 6.92 Å². The molecular weight excluding hydrogens is 216 g/mol. The summed E-state index contributed by atoms with van der Waals surface area (Å²) in [6.45, 7) is 9.19. The molecule has 17 heavy (non-hydrogen) atoms. The van der Waals surface area contributed by atoms with Gasteiger partial charge in [-0.3, -0.25) is 0 Å². The van der Waals surface area contributed by atoms with E-state index in [0.29, 0.717) is 12.0 Å². The number of aliphatic hydroxyl groups is 1. The van der Waals surface area contributed by atoms with E-state index in [9.17, 15) is 9.90 Å². The number of ether oxygens (including phenoxy) is 1. The van der Waals surface area contributed by atoms with E-state index < -0.39 is 11.6 Å².